The number of nitrogens with one attached hydrogen (secondary N) is 2. The molecule has 6 heteroatoms. The van der Waals surface area contributed by atoms with E-state index in [-0.39, 0.29) is 17.4 Å². The van der Waals surface area contributed by atoms with E-state index < -0.39 is 17.8 Å². The molecule has 1 saturated heterocycles. The molecule has 120 valence electrons. The Morgan fingerprint density at radius 2 is 2.04 bits per heavy atom. The number of hydrogen-bond donors (Lipinski definition) is 2. The Hall–Kier alpha value is -2.63. The Morgan fingerprint density at radius 3 is 2.87 bits per heavy atom. The normalized spacial score (nSPS) is 18.1. The smallest absolute Gasteiger partial charge is 0.287 e. The van der Waals surface area contributed by atoms with Gasteiger partial charge >= 0.3 is 0 Å². The molecule has 2 aromatic rings. The highest BCUT2D eigenvalue weighted by Crippen LogP contribution is 2.24. The van der Waals surface area contributed by atoms with Crippen LogP contribution < -0.4 is 10.6 Å². The maximum atomic E-state index is 13.7. The molecule has 5 nitrogen and oxygen atoms in total. The second-order valence-corrected chi connectivity index (χ2v) is 5.46. The molecule has 23 heavy (non-hydrogen) atoms. The number of carbonyl (C=O) groups excluding carboxylic acids is 2. The van der Waals surface area contributed by atoms with Crippen molar-refractivity contribution in [3.05, 3.63) is 48.0 Å². The minimum absolute atomic E-state index is 0.0558. The molecule has 0 saturated carbocycles. The summed E-state index contributed by atoms with van der Waals surface area (Å²) in [5, 5.41) is 5.42. The van der Waals surface area contributed by atoms with Gasteiger partial charge in [0, 0.05) is 6.54 Å². The molecule has 1 aliphatic rings. The largest absolute Gasteiger partial charge is 0.451 e. The molecular formula is C17H17FN2O3. The first-order valence-electron chi connectivity index (χ1n) is 7.58. The zero-order valence-corrected chi connectivity index (χ0v) is 12.5. The van der Waals surface area contributed by atoms with Crippen LogP contribution in [-0.4, -0.2) is 24.4 Å². The number of carbonyl (C=O) groups is 2. The van der Waals surface area contributed by atoms with Crippen molar-refractivity contribution in [2.24, 2.45) is 0 Å². The van der Waals surface area contributed by atoms with Crippen molar-refractivity contribution in [1.29, 1.82) is 0 Å². The lowest BCUT2D eigenvalue weighted by atomic mass is 10.1. The average Bonchev–Trinajstić information content (AvgIpc) is 2.95. The van der Waals surface area contributed by atoms with Gasteiger partial charge in [-0.05, 0) is 43.5 Å². The quantitative estimate of drug-likeness (QED) is 0.914. The second-order valence-electron chi connectivity index (χ2n) is 5.46. The summed E-state index contributed by atoms with van der Waals surface area (Å²) in [7, 11) is 0. The molecule has 1 fully saturated rings. The van der Waals surface area contributed by atoms with Crippen molar-refractivity contribution < 1.29 is 18.4 Å². The molecule has 2 N–H and O–H groups in total. The summed E-state index contributed by atoms with van der Waals surface area (Å²) in [6, 6.07) is 8.64. The van der Waals surface area contributed by atoms with Gasteiger partial charge in [0.05, 0.1) is 5.56 Å². The molecule has 0 aliphatic carbocycles. The van der Waals surface area contributed by atoms with Crippen LogP contribution in [0.5, 0.6) is 0 Å². The van der Waals surface area contributed by atoms with E-state index in [1.807, 2.05) is 0 Å². The van der Waals surface area contributed by atoms with Gasteiger partial charge in [-0.2, -0.15) is 0 Å². The third kappa shape index (κ3) is 3.41. The van der Waals surface area contributed by atoms with Crippen molar-refractivity contribution in [2.75, 3.05) is 6.54 Å². The van der Waals surface area contributed by atoms with E-state index in [2.05, 4.69) is 10.6 Å². The summed E-state index contributed by atoms with van der Waals surface area (Å²) in [6.07, 6.45) is 2.36. The van der Waals surface area contributed by atoms with E-state index in [0.717, 1.165) is 12.8 Å². The Bertz CT molecular complexity index is 726. The predicted molar refractivity (Wildman–Crippen MR) is 82.2 cm³/mol. The van der Waals surface area contributed by atoms with E-state index in [4.69, 9.17) is 4.42 Å². The van der Waals surface area contributed by atoms with Gasteiger partial charge in [0.2, 0.25) is 5.91 Å². The van der Waals surface area contributed by atoms with Crippen LogP contribution >= 0.6 is 0 Å². The molecular weight excluding hydrogens is 299 g/mol. The minimum atomic E-state index is -0.563. The summed E-state index contributed by atoms with van der Waals surface area (Å²) < 4.78 is 19.2. The van der Waals surface area contributed by atoms with Gasteiger partial charge in [-0.3, -0.25) is 9.59 Å². The van der Waals surface area contributed by atoms with Crippen molar-refractivity contribution in [3.8, 4) is 11.3 Å². The maximum Gasteiger partial charge on any atom is 0.287 e. The number of rotatable bonds is 3. The Kier molecular flexibility index (Phi) is 4.41. The lowest BCUT2D eigenvalue weighted by Crippen LogP contribution is -2.45. The third-order valence-corrected chi connectivity index (χ3v) is 3.81. The molecule has 3 rings (SSSR count). The van der Waals surface area contributed by atoms with E-state index in [1.165, 1.54) is 12.1 Å². The summed E-state index contributed by atoms with van der Waals surface area (Å²) in [4.78, 5) is 24.1. The molecule has 0 bridgehead atoms. The van der Waals surface area contributed by atoms with Crippen LogP contribution in [0.25, 0.3) is 11.3 Å². The van der Waals surface area contributed by atoms with E-state index in [9.17, 15) is 14.0 Å². The molecule has 1 aromatic heterocycles. The van der Waals surface area contributed by atoms with Gasteiger partial charge in [-0.25, -0.2) is 4.39 Å². The fourth-order valence-corrected chi connectivity index (χ4v) is 2.57. The number of hydrogen-bond acceptors (Lipinski definition) is 3. The first-order valence-corrected chi connectivity index (χ1v) is 7.58. The third-order valence-electron chi connectivity index (χ3n) is 3.81. The van der Waals surface area contributed by atoms with Crippen molar-refractivity contribution in [3.63, 3.8) is 0 Å². The first kappa shape index (κ1) is 15.3. The topological polar surface area (TPSA) is 71.3 Å². The summed E-state index contributed by atoms with van der Waals surface area (Å²) in [5.41, 5.74) is 0.291. The molecule has 0 unspecified atom stereocenters. The highest BCUT2D eigenvalue weighted by Gasteiger charge is 2.24. The van der Waals surface area contributed by atoms with Gasteiger partial charge in [-0.1, -0.05) is 12.1 Å². The SMILES string of the molecule is O=C(N[C@H]1CCCCNC1=O)c1ccc(-c2ccccc2F)o1. The van der Waals surface area contributed by atoms with Crippen LogP contribution in [0, 0.1) is 5.82 Å². The summed E-state index contributed by atoms with van der Waals surface area (Å²) in [6.45, 7) is 0.628. The minimum Gasteiger partial charge on any atom is -0.451 e. The lowest BCUT2D eigenvalue weighted by molar-refractivity contribution is -0.122. The molecule has 1 aliphatic heterocycles. The lowest BCUT2D eigenvalue weighted by Gasteiger charge is -2.14. The second kappa shape index (κ2) is 6.64. The highest BCUT2D eigenvalue weighted by molar-refractivity contribution is 5.96. The zero-order chi connectivity index (χ0) is 16.2. The van der Waals surface area contributed by atoms with Crippen LogP contribution in [0.4, 0.5) is 4.39 Å². The Morgan fingerprint density at radius 1 is 1.22 bits per heavy atom. The monoisotopic (exact) mass is 316 g/mol. The van der Waals surface area contributed by atoms with E-state index in [0.29, 0.717) is 18.5 Å². The maximum absolute atomic E-state index is 13.7. The number of benzene rings is 1. The Labute approximate surface area is 132 Å². The van der Waals surface area contributed by atoms with Crippen LogP contribution in [0.15, 0.2) is 40.8 Å². The standard InChI is InChI=1S/C17H17FN2O3/c18-12-6-2-1-5-11(12)14-8-9-15(23-14)17(22)20-13-7-3-4-10-19-16(13)21/h1-2,5-6,8-9,13H,3-4,7,10H2,(H,19,21)(H,20,22)/t13-/m0/s1. The molecule has 0 radical (unpaired) electrons. The van der Waals surface area contributed by atoms with Crippen molar-refractivity contribution in [1.82, 2.24) is 10.6 Å². The molecule has 2 heterocycles. The summed E-state index contributed by atoms with van der Waals surface area (Å²) >= 11 is 0. The molecule has 1 aromatic carbocycles. The van der Waals surface area contributed by atoms with Crippen LogP contribution in [-0.2, 0) is 4.79 Å². The van der Waals surface area contributed by atoms with Crippen molar-refractivity contribution in [2.45, 2.75) is 25.3 Å². The van der Waals surface area contributed by atoms with Crippen molar-refractivity contribution >= 4 is 11.8 Å². The number of furan rings is 1. The highest BCUT2D eigenvalue weighted by atomic mass is 19.1. The number of halogens is 1. The van der Waals surface area contributed by atoms with E-state index in [1.54, 1.807) is 24.3 Å². The number of amides is 2. The zero-order valence-electron chi connectivity index (χ0n) is 12.5. The fraction of sp³-hybridized carbons (Fsp3) is 0.294. The van der Waals surface area contributed by atoms with E-state index >= 15 is 0 Å². The first-order chi connectivity index (χ1) is 11.1. The van der Waals surface area contributed by atoms with Gasteiger partial charge in [0.15, 0.2) is 5.76 Å². The molecule has 1 atom stereocenters. The van der Waals surface area contributed by atoms with Crippen LogP contribution in [0.1, 0.15) is 29.8 Å². The van der Waals surface area contributed by atoms with Gasteiger partial charge in [0.25, 0.3) is 5.91 Å². The summed E-state index contributed by atoms with van der Waals surface area (Å²) in [5.74, 6) is -0.748. The van der Waals surface area contributed by atoms with Gasteiger partial charge in [-0.15, -0.1) is 0 Å². The Balaban J connectivity index is 1.74. The van der Waals surface area contributed by atoms with Gasteiger partial charge in [0.1, 0.15) is 17.6 Å². The van der Waals surface area contributed by atoms with Crippen LogP contribution in [0.2, 0.25) is 0 Å². The van der Waals surface area contributed by atoms with Crippen LogP contribution in [0.3, 0.4) is 0 Å². The van der Waals surface area contributed by atoms with Gasteiger partial charge < -0.3 is 15.1 Å². The molecule has 2 amide bonds. The average molecular weight is 316 g/mol. The predicted octanol–water partition coefficient (Wildman–Crippen LogP) is 2.48. The fourth-order valence-electron chi connectivity index (χ4n) is 2.57. The molecule has 0 spiro atoms.